The number of methoxy groups -OCH3 is 2. The molecule has 0 fully saturated rings. The smallest absolute Gasteiger partial charge is 0.208 e. The largest absolute Gasteiger partial charge is 0.497 e. The first-order chi connectivity index (χ1) is 14.4. The van der Waals surface area contributed by atoms with Crippen LogP contribution in [-0.4, -0.2) is 27.6 Å². The van der Waals surface area contributed by atoms with Crippen LogP contribution < -0.4 is 9.47 Å². The lowest BCUT2D eigenvalue weighted by molar-refractivity contribution is 0.413. The van der Waals surface area contributed by atoms with Gasteiger partial charge in [0.1, 0.15) is 17.3 Å². The zero-order valence-corrected chi connectivity index (χ0v) is 17.1. The molecule has 0 unspecified atom stereocenters. The molecule has 0 atom stereocenters. The summed E-state index contributed by atoms with van der Waals surface area (Å²) in [5, 5.41) is 0.407. The van der Waals surface area contributed by atoms with Gasteiger partial charge in [0, 0.05) is 17.1 Å². The Balaban J connectivity index is 2.04. The summed E-state index contributed by atoms with van der Waals surface area (Å²) >= 11 is 0. The Morgan fingerprint density at radius 1 is 0.867 bits per heavy atom. The third-order valence-corrected chi connectivity index (χ3v) is 6.58. The highest BCUT2D eigenvalue weighted by molar-refractivity contribution is 7.91. The van der Waals surface area contributed by atoms with Gasteiger partial charge in [0.25, 0.3) is 0 Å². The Hall–Kier alpha value is -3.45. The van der Waals surface area contributed by atoms with Gasteiger partial charge < -0.3 is 9.47 Å². The van der Waals surface area contributed by atoms with E-state index in [-0.39, 0.29) is 9.79 Å². The number of aromatic nitrogens is 1. The summed E-state index contributed by atoms with van der Waals surface area (Å²) < 4.78 is 51.5. The van der Waals surface area contributed by atoms with Gasteiger partial charge in [-0.15, -0.1) is 0 Å². The van der Waals surface area contributed by atoms with E-state index in [0.717, 1.165) is 0 Å². The monoisotopic (exact) mass is 423 g/mol. The minimum atomic E-state index is -3.97. The minimum Gasteiger partial charge on any atom is -0.497 e. The molecular formula is C23H18FNO4S. The van der Waals surface area contributed by atoms with Crippen LogP contribution in [0.5, 0.6) is 11.5 Å². The Morgan fingerprint density at radius 3 is 2.30 bits per heavy atom. The molecule has 1 aromatic heterocycles. The predicted octanol–water partition coefficient (Wildman–Crippen LogP) is 4.89. The minimum absolute atomic E-state index is 0.0148. The number of halogens is 1. The van der Waals surface area contributed by atoms with Gasteiger partial charge in [-0.3, -0.25) is 4.98 Å². The van der Waals surface area contributed by atoms with Crippen LogP contribution in [0.25, 0.3) is 22.0 Å². The summed E-state index contributed by atoms with van der Waals surface area (Å²) in [6, 6.07) is 17.3. The average molecular weight is 423 g/mol. The highest BCUT2D eigenvalue weighted by Gasteiger charge is 2.25. The summed E-state index contributed by atoms with van der Waals surface area (Å²) in [7, 11) is -0.953. The summed E-state index contributed by atoms with van der Waals surface area (Å²) in [5.74, 6) is 0.567. The van der Waals surface area contributed by atoms with Crippen molar-refractivity contribution in [3.05, 3.63) is 78.7 Å². The molecule has 0 radical (unpaired) electrons. The van der Waals surface area contributed by atoms with Crippen LogP contribution in [0.3, 0.4) is 0 Å². The van der Waals surface area contributed by atoms with E-state index in [4.69, 9.17) is 9.47 Å². The van der Waals surface area contributed by atoms with Gasteiger partial charge in [-0.1, -0.05) is 18.2 Å². The van der Waals surface area contributed by atoms with Gasteiger partial charge in [-0.25, -0.2) is 12.8 Å². The van der Waals surface area contributed by atoms with Crippen molar-refractivity contribution in [2.24, 2.45) is 0 Å². The van der Waals surface area contributed by atoms with Gasteiger partial charge in [-0.2, -0.15) is 0 Å². The van der Waals surface area contributed by atoms with E-state index in [1.165, 1.54) is 43.6 Å². The van der Waals surface area contributed by atoms with E-state index < -0.39 is 15.7 Å². The lowest BCUT2D eigenvalue weighted by Crippen LogP contribution is -2.06. The van der Waals surface area contributed by atoms with Crippen molar-refractivity contribution in [1.82, 2.24) is 4.98 Å². The standard InChI is InChI=1S/C23H18FNO4S/c1-28-17-9-6-15(7-10-17)23-20-12-16(24)8-11-21(20)25-14-22(23)30(26,27)19-5-3-4-18(13-19)29-2/h3-14H,1-2H3. The van der Waals surface area contributed by atoms with Crippen molar-refractivity contribution in [3.8, 4) is 22.6 Å². The van der Waals surface area contributed by atoms with Crippen LogP contribution in [0, 0.1) is 5.82 Å². The summed E-state index contributed by atoms with van der Waals surface area (Å²) in [4.78, 5) is 4.32. The van der Waals surface area contributed by atoms with Crippen molar-refractivity contribution < 1.29 is 22.3 Å². The van der Waals surface area contributed by atoms with E-state index in [9.17, 15) is 12.8 Å². The second-order valence-electron chi connectivity index (χ2n) is 6.57. The van der Waals surface area contributed by atoms with Crippen LogP contribution in [0.2, 0.25) is 0 Å². The third kappa shape index (κ3) is 3.48. The number of rotatable bonds is 5. The Bertz CT molecular complexity index is 1340. The van der Waals surface area contributed by atoms with Crippen molar-refractivity contribution in [2.45, 2.75) is 9.79 Å². The fraction of sp³-hybridized carbons (Fsp3) is 0.0870. The summed E-state index contributed by atoms with van der Waals surface area (Å²) in [6.07, 6.45) is 1.31. The molecule has 0 amide bonds. The summed E-state index contributed by atoms with van der Waals surface area (Å²) in [5.41, 5.74) is 1.48. The van der Waals surface area contributed by atoms with Crippen molar-refractivity contribution >= 4 is 20.7 Å². The molecule has 5 nitrogen and oxygen atoms in total. The van der Waals surface area contributed by atoms with E-state index in [1.54, 1.807) is 43.5 Å². The number of pyridine rings is 1. The topological polar surface area (TPSA) is 65.5 Å². The van der Waals surface area contributed by atoms with Crippen LogP contribution in [0.4, 0.5) is 4.39 Å². The first-order valence-corrected chi connectivity index (χ1v) is 10.5. The zero-order valence-electron chi connectivity index (χ0n) is 16.3. The number of nitrogens with zero attached hydrogens (tertiary/aromatic N) is 1. The van der Waals surface area contributed by atoms with E-state index in [0.29, 0.717) is 33.5 Å². The predicted molar refractivity (Wildman–Crippen MR) is 112 cm³/mol. The van der Waals surface area contributed by atoms with E-state index >= 15 is 0 Å². The molecule has 0 N–H and O–H groups in total. The quantitative estimate of drug-likeness (QED) is 0.457. The molecule has 0 aliphatic carbocycles. The van der Waals surface area contributed by atoms with Crippen molar-refractivity contribution in [2.75, 3.05) is 14.2 Å². The third-order valence-electron chi connectivity index (χ3n) is 4.81. The first-order valence-electron chi connectivity index (χ1n) is 9.06. The average Bonchev–Trinajstić information content (AvgIpc) is 2.78. The van der Waals surface area contributed by atoms with Crippen LogP contribution >= 0.6 is 0 Å². The van der Waals surface area contributed by atoms with Crippen LogP contribution in [0.1, 0.15) is 0 Å². The molecule has 0 bridgehead atoms. The van der Waals surface area contributed by atoms with Crippen molar-refractivity contribution in [3.63, 3.8) is 0 Å². The van der Waals surface area contributed by atoms with E-state index in [1.807, 2.05) is 0 Å². The molecule has 152 valence electrons. The van der Waals surface area contributed by atoms with Gasteiger partial charge >= 0.3 is 0 Å². The second kappa shape index (κ2) is 7.76. The number of fused-ring (bicyclic) bond motifs is 1. The molecule has 0 aliphatic heterocycles. The molecule has 0 saturated heterocycles. The number of hydrogen-bond donors (Lipinski definition) is 0. The van der Waals surface area contributed by atoms with Gasteiger partial charge in [-0.05, 0) is 54.1 Å². The number of benzene rings is 3. The normalized spacial score (nSPS) is 11.4. The lowest BCUT2D eigenvalue weighted by atomic mass is 10.0. The summed E-state index contributed by atoms with van der Waals surface area (Å²) in [6.45, 7) is 0. The van der Waals surface area contributed by atoms with Crippen LogP contribution in [-0.2, 0) is 9.84 Å². The fourth-order valence-corrected chi connectivity index (χ4v) is 4.77. The highest BCUT2D eigenvalue weighted by atomic mass is 32.2. The number of sulfone groups is 1. The maximum atomic E-state index is 14.1. The molecule has 7 heteroatoms. The number of hydrogen-bond acceptors (Lipinski definition) is 5. The maximum absolute atomic E-state index is 14.1. The van der Waals surface area contributed by atoms with Gasteiger partial charge in [0.2, 0.25) is 9.84 Å². The molecule has 4 rings (SSSR count). The van der Waals surface area contributed by atoms with Crippen molar-refractivity contribution in [1.29, 1.82) is 0 Å². The molecule has 3 aromatic carbocycles. The highest BCUT2D eigenvalue weighted by Crippen LogP contribution is 2.37. The fourth-order valence-electron chi connectivity index (χ4n) is 3.30. The van der Waals surface area contributed by atoms with Gasteiger partial charge in [0.05, 0.1) is 29.5 Å². The van der Waals surface area contributed by atoms with Gasteiger partial charge in [0.15, 0.2) is 0 Å². The molecule has 0 saturated carbocycles. The first kappa shape index (κ1) is 19.8. The molecule has 1 heterocycles. The molecule has 0 spiro atoms. The Morgan fingerprint density at radius 2 is 1.60 bits per heavy atom. The maximum Gasteiger partial charge on any atom is 0.208 e. The molecule has 30 heavy (non-hydrogen) atoms. The van der Waals surface area contributed by atoms with Crippen LogP contribution in [0.15, 0.2) is 82.7 Å². The Kier molecular flexibility index (Phi) is 5.13. The SMILES string of the molecule is COc1ccc(-c2c(S(=O)(=O)c3cccc(OC)c3)cnc3ccc(F)cc23)cc1. The lowest BCUT2D eigenvalue weighted by Gasteiger charge is -2.15. The molecular weight excluding hydrogens is 405 g/mol. The molecule has 4 aromatic rings. The second-order valence-corrected chi connectivity index (χ2v) is 8.49. The van der Waals surface area contributed by atoms with E-state index in [2.05, 4.69) is 4.98 Å². The number of ether oxygens (including phenoxy) is 2. The Labute approximate surface area is 173 Å². The molecule has 0 aliphatic rings. The zero-order chi connectivity index (χ0) is 21.3.